The number of hydrogen-bond acceptors (Lipinski definition) is 3. The van der Waals surface area contributed by atoms with E-state index in [0.717, 1.165) is 16.8 Å². The Hall–Kier alpha value is -2.42. The van der Waals surface area contributed by atoms with Crippen LogP contribution in [-0.2, 0) is 0 Å². The van der Waals surface area contributed by atoms with Gasteiger partial charge in [-0.3, -0.25) is 4.79 Å². The summed E-state index contributed by atoms with van der Waals surface area (Å²) < 4.78 is 0. The van der Waals surface area contributed by atoms with Crippen LogP contribution in [0.5, 0.6) is 0 Å². The van der Waals surface area contributed by atoms with Gasteiger partial charge in [-0.1, -0.05) is 48.0 Å². The number of nitrogens with one attached hydrogen (secondary N) is 2. The Morgan fingerprint density at radius 3 is 2.47 bits per heavy atom. The van der Waals surface area contributed by atoms with Crippen LogP contribution < -0.4 is 5.32 Å². The van der Waals surface area contributed by atoms with Crippen LogP contribution in [-0.4, -0.2) is 17.5 Å². The van der Waals surface area contributed by atoms with Crippen molar-refractivity contribution in [3.8, 4) is 0 Å². The smallest absolute Gasteiger partial charge is 0.191 e. The van der Waals surface area contributed by atoms with Crippen LogP contribution in [0.4, 0.5) is 5.69 Å². The van der Waals surface area contributed by atoms with Crippen molar-refractivity contribution < 1.29 is 4.79 Å². The number of rotatable bonds is 2. The van der Waals surface area contributed by atoms with Crippen LogP contribution in [0.15, 0.2) is 48.5 Å². The highest BCUT2D eigenvalue weighted by molar-refractivity contribution is 6.26. The molecule has 2 aromatic carbocycles. The summed E-state index contributed by atoms with van der Waals surface area (Å²) >= 11 is 0. The summed E-state index contributed by atoms with van der Waals surface area (Å²) in [6, 6.07) is 14.4. The van der Waals surface area contributed by atoms with Gasteiger partial charge in [0.2, 0.25) is 0 Å². The second-order valence-corrected chi connectivity index (χ2v) is 4.77. The molecule has 0 saturated carbocycles. The van der Waals surface area contributed by atoms with Crippen LogP contribution in [0.2, 0.25) is 0 Å². The Morgan fingerprint density at radius 1 is 1.11 bits per heavy atom. The summed E-state index contributed by atoms with van der Waals surface area (Å²) in [6.45, 7) is 1.99. The zero-order valence-electron chi connectivity index (χ0n) is 10.6. The number of para-hydroxylation sites is 1. The van der Waals surface area contributed by atoms with Gasteiger partial charge in [-0.2, -0.15) is 0 Å². The number of hydrogen-bond donors (Lipinski definition) is 2. The van der Waals surface area contributed by atoms with E-state index in [0.29, 0.717) is 11.3 Å². The first kappa shape index (κ1) is 11.7. The lowest BCUT2D eigenvalue weighted by Gasteiger charge is -2.10. The first-order valence-corrected chi connectivity index (χ1v) is 6.22. The number of carbonyl (C=O) groups is 1. The molecule has 1 unspecified atom stereocenters. The lowest BCUT2D eigenvalue weighted by Crippen LogP contribution is -2.32. The fourth-order valence-electron chi connectivity index (χ4n) is 2.31. The van der Waals surface area contributed by atoms with E-state index in [1.807, 2.05) is 55.5 Å². The molecule has 0 fully saturated rings. The largest absolute Gasteiger partial charge is 0.370 e. The van der Waals surface area contributed by atoms with Crippen molar-refractivity contribution in [2.75, 3.05) is 5.32 Å². The van der Waals surface area contributed by atoms with Crippen LogP contribution >= 0.6 is 0 Å². The molecule has 2 aromatic rings. The third-order valence-corrected chi connectivity index (χ3v) is 3.40. The summed E-state index contributed by atoms with van der Waals surface area (Å²) in [5.41, 5.74) is 3.78. The fraction of sp³-hybridized carbons (Fsp3) is 0.125. The molecule has 1 aliphatic heterocycles. The van der Waals surface area contributed by atoms with E-state index >= 15 is 0 Å². The molecule has 1 heterocycles. The van der Waals surface area contributed by atoms with Crippen molar-refractivity contribution in [1.82, 2.24) is 0 Å². The monoisotopic (exact) mass is 250 g/mol. The van der Waals surface area contributed by atoms with Gasteiger partial charge in [0, 0.05) is 16.8 Å². The quantitative estimate of drug-likeness (QED) is 0.805. The minimum atomic E-state index is -0.569. The zero-order chi connectivity index (χ0) is 13.4. The number of Topliss-reactive ketones (excluding diaryl/α,β-unsaturated/α-hetero) is 1. The van der Waals surface area contributed by atoms with Crippen LogP contribution in [0.1, 0.15) is 21.5 Å². The lowest BCUT2D eigenvalue weighted by atomic mass is 9.99. The van der Waals surface area contributed by atoms with Gasteiger partial charge in [-0.05, 0) is 13.0 Å². The van der Waals surface area contributed by atoms with E-state index in [2.05, 4.69) is 5.32 Å². The molecule has 0 amide bonds. The summed E-state index contributed by atoms with van der Waals surface area (Å²) in [6.07, 6.45) is 0. The van der Waals surface area contributed by atoms with Gasteiger partial charge >= 0.3 is 0 Å². The summed E-state index contributed by atoms with van der Waals surface area (Å²) in [7, 11) is 0. The maximum Gasteiger partial charge on any atom is 0.191 e. The molecule has 19 heavy (non-hydrogen) atoms. The number of benzene rings is 2. The Labute approximate surface area is 111 Å². The Kier molecular flexibility index (Phi) is 2.67. The molecule has 0 saturated heterocycles. The second kappa shape index (κ2) is 4.35. The molecule has 0 aliphatic carbocycles. The van der Waals surface area contributed by atoms with Crippen molar-refractivity contribution in [2.45, 2.75) is 13.0 Å². The number of aryl methyl sites for hydroxylation is 1. The Balaban J connectivity index is 1.91. The number of anilines is 1. The predicted molar refractivity (Wildman–Crippen MR) is 76.2 cm³/mol. The summed E-state index contributed by atoms with van der Waals surface area (Å²) in [5, 5.41) is 11.2. The molecule has 2 N–H and O–H groups in total. The molecule has 1 atom stereocenters. The molecule has 94 valence electrons. The van der Waals surface area contributed by atoms with Gasteiger partial charge in [0.15, 0.2) is 5.78 Å². The van der Waals surface area contributed by atoms with Crippen molar-refractivity contribution >= 4 is 17.2 Å². The minimum Gasteiger partial charge on any atom is -0.370 e. The van der Waals surface area contributed by atoms with Gasteiger partial charge in [0.25, 0.3) is 0 Å². The molecule has 0 bridgehead atoms. The summed E-state index contributed by atoms with van der Waals surface area (Å²) in [4.78, 5) is 12.4. The molecular weight excluding hydrogens is 236 g/mol. The SMILES string of the molecule is Cc1ccc(C(=O)C2Nc3ccccc3C2=N)cc1. The fourth-order valence-corrected chi connectivity index (χ4v) is 2.31. The molecule has 0 radical (unpaired) electrons. The molecule has 0 aromatic heterocycles. The first-order chi connectivity index (χ1) is 9.16. The Morgan fingerprint density at radius 2 is 1.79 bits per heavy atom. The number of fused-ring (bicyclic) bond motifs is 1. The van der Waals surface area contributed by atoms with Gasteiger partial charge in [-0.25, -0.2) is 0 Å². The van der Waals surface area contributed by atoms with Gasteiger partial charge in [0.05, 0.1) is 5.71 Å². The predicted octanol–water partition coefficient (Wildman–Crippen LogP) is 3.04. The molecule has 3 nitrogen and oxygen atoms in total. The normalized spacial score (nSPS) is 16.9. The molecule has 3 heteroatoms. The first-order valence-electron chi connectivity index (χ1n) is 6.22. The highest BCUT2D eigenvalue weighted by Crippen LogP contribution is 2.26. The van der Waals surface area contributed by atoms with E-state index in [1.54, 1.807) is 0 Å². The van der Waals surface area contributed by atoms with Gasteiger partial charge in [-0.15, -0.1) is 0 Å². The second-order valence-electron chi connectivity index (χ2n) is 4.77. The van der Waals surface area contributed by atoms with E-state index in [4.69, 9.17) is 5.41 Å². The minimum absolute atomic E-state index is 0.0544. The van der Waals surface area contributed by atoms with E-state index < -0.39 is 6.04 Å². The van der Waals surface area contributed by atoms with Crippen LogP contribution in [0.3, 0.4) is 0 Å². The molecule has 0 spiro atoms. The van der Waals surface area contributed by atoms with Gasteiger partial charge < -0.3 is 10.7 Å². The average Bonchev–Trinajstić information content (AvgIpc) is 2.77. The molecule has 3 rings (SSSR count). The van der Waals surface area contributed by atoms with Crippen LogP contribution in [0.25, 0.3) is 0 Å². The molecule has 1 aliphatic rings. The summed E-state index contributed by atoms with van der Waals surface area (Å²) in [5.74, 6) is -0.0544. The number of ketones is 1. The molecular formula is C16H14N2O. The highest BCUT2D eigenvalue weighted by Gasteiger charge is 2.32. The third kappa shape index (κ3) is 1.93. The highest BCUT2D eigenvalue weighted by atomic mass is 16.1. The van der Waals surface area contributed by atoms with E-state index in [-0.39, 0.29) is 5.78 Å². The van der Waals surface area contributed by atoms with Gasteiger partial charge in [0.1, 0.15) is 6.04 Å². The third-order valence-electron chi connectivity index (χ3n) is 3.40. The van der Waals surface area contributed by atoms with E-state index in [9.17, 15) is 4.79 Å². The van der Waals surface area contributed by atoms with Crippen molar-refractivity contribution in [3.05, 3.63) is 65.2 Å². The Bertz CT molecular complexity index is 659. The standard InChI is InChI=1S/C16H14N2O/c1-10-6-8-11(9-7-10)16(19)15-14(17)12-4-2-3-5-13(12)18-15/h2-9,15,17-18H,1H3. The zero-order valence-corrected chi connectivity index (χ0v) is 10.6. The maximum atomic E-state index is 12.4. The average molecular weight is 250 g/mol. The van der Waals surface area contributed by atoms with Crippen molar-refractivity contribution in [3.63, 3.8) is 0 Å². The van der Waals surface area contributed by atoms with Crippen molar-refractivity contribution in [2.24, 2.45) is 0 Å². The van der Waals surface area contributed by atoms with Crippen LogP contribution in [0, 0.1) is 12.3 Å². The van der Waals surface area contributed by atoms with Crippen molar-refractivity contribution in [1.29, 1.82) is 5.41 Å². The maximum absolute atomic E-state index is 12.4. The number of carbonyl (C=O) groups excluding carboxylic acids is 1. The van der Waals surface area contributed by atoms with E-state index in [1.165, 1.54) is 0 Å². The topological polar surface area (TPSA) is 53.0 Å². The lowest BCUT2D eigenvalue weighted by molar-refractivity contribution is 0.0991.